The quantitative estimate of drug-likeness (QED) is 0.250. The molecule has 0 fully saturated rings. The molecule has 3 heterocycles. The second kappa shape index (κ2) is 8.59. The summed E-state index contributed by atoms with van der Waals surface area (Å²) in [4.78, 5) is 40.4. The van der Waals surface area contributed by atoms with Crippen LogP contribution in [0.1, 0.15) is 48.9 Å². The number of benzene rings is 1. The number of hydrogen-bond acceptors (Lipinski definition) is 6. The lowest BCUT2D eigenvalue weighted by Gasteiger charge is -2.12. The SMILES string of the molecule is CCCCCn1c(SCc2nc3ccccc3c(=O)[nH]2)nc2sc3c(c2c1=O)CCC3. The van der Waals surface area contributed by atoms with Crippen molar-refractivity contribution in [2.75, 3.05) is 0 Å². The lowest BCUT2D eigenvalue weighted by molar-refractivity contribution is 0.542. The summed E-state index contributed by atoms with van der Waals surface area (Å²) < 4.78 is 1.84. The van der Waals surface area contributed by atoms with Gasteiger partial charge in [-0.25, -0.2) is 9.97 Å². The van der Waals surface area contributed by atoms with Crippen molar-refractivity contribution >= 4 is 44.2 Å². The smallest absolute Gasteiger partial charge is 0.263 e. The monoisotopic (exact) mass is 452 g/mol. The number of nitrogens with zero attached hydrogens (tertiary/aromatic N) is 3. The molecule has 160 valence electrons. The fourth-order valence-corrected chi connectivity index (χ4v) is 6.42. The number of para-hydroxylation sites is 1. The molecule has 1 aliphatic carbocycles. The molecule has 4 aromatic rings. The maximum absolute atomic E-state index is 13.4. The highest BCUT2D eigenvalue weighted by molar-refractivity contribution is 7.98. The van der Waals surface area contributed by atoms with Gasteiger partial charge >= 0.3 is 0 Å². The number of unbranched alkanes of at least 4 members (excludes halogenated alkanes) is 2. The number of nitrogens with one attached hydrogen (secondary N) is 1. The summed E-state index contributed by atoms with van der Waals surface area (Å²) in [5, 5.41) is 2.13. The number of hydrogen-bond donors (Lipinski definition) is 1. The predicted molar refractivity (Wildman–Crippen MR) is 127 cm³/mol. The van der Waals surface area contributed by atoms with Gasteiger partial charge in [0.2, 0.25) is 0 Å². The molecule has 8 heteroatoms. The Morgan fingerprint density at radius 3 is 2.90 bits per heavy atom. The van der Waals surface area contributed by atoms with E-state index in [0.29, 0.717) is 34.2 Å². The third kappa shape index (κ3) is 3.83. The van der Waals surface area contributed by atoms with Crippen molar-refractivity contribution in [1.82, 2.24) is 19.5 Å². The van der Waals surface area contributed by atoms with E-state index in [9.17, 15) is 9.59 Å². The number of fused-ring (bicyclic) bond motifs is 4. The Morgan fingerprint density at radius 2 is 2.03 bits per heavy atom. The van der Waals surface area contributed by atoms with Crippen molar-refractivity contribution in [3.8, 4) is 0 Å². The number of aromatic nitrogens is 4. The average Bonchev–Trinajstić information content (AvgIpc) is 3.35. The van der Waals surface area contributed by atoms with E-state index in [-0.39, 0.29) is 11.1 Å². The number of H-pyrrole nitrogens is 1. The van der Waals surface area contributed by atoms with Crippen LogP contribution in [0, 0.1) is 0 Å². The minimum absolute atomic E-state index is 0.0861. The van der Waals surface area contributed by atoms with E-state index in [4.69, 9.17) is 4.98 Å². The summed E-state index contributed by atoms with van der Waals surface area (Å²) in [6.45, 7) is 2.83. The second-order valence-corrected chi connectivity index (χ2v) is 9.94. The van der Waals surface area contributed by atoms with Gasteiger partial charge in [0.05, 0.1) is 22.0 Å². The first-order chi connectivity index (χ1) is 15.2. The molecule has 1 aliphatic rings. The molecule has 5 rings (SSSR count). The van der Waals surface area contributed by atoms with Crippen molar-refractivity contribution in [2.24, 2.45) is 0 Å². The fraction of sp³-hybridized carbons (Fsp3) is 0.391. The van der Waals surface area contributed by atoms with Crippen LogP contribution >= 0.6 is 23.1 Å². The number of aromatic amines is 1. The largest absolute Gasteiger partial charge is 0.309 e. The molecule has 0 bridgehead atoms. The molecule has 0 saturated heterocycles. The summed E-state index contributed by atoms with van der Waals surface area (Å²) in [7, 11) is 0. The van der Waals surface area contributed by atoms with Crippen molar-refractivity contribution in [3.05, 3.63) is 61.2 Å². The zero-order valence-corrected chi connectivity index (χ0v) is 19.1. The van der Waals surface area contributed by atoms with Gasteiger partial charge in [0.1, 0.15) is 10.7 Å². The number of rotatable bonds is 7. The molecule has 0 radical (unpaired) electrons. The van der Waals surface area contributed by atoms with Crippen LogP contribution in [0.2, 0.25) is 0 Å². The van der Waals surface area contributed by atoms with Crippen LogP contribution in [0.4, 0.5) is 0 Å². The molecule has 0 amide bonds. The Kier molecular flexibility index (Phi) is 5.67. The third-order valence-electron chi connectivity index (χ3n) is 5.77. The molecule has 0 spiro atoms. The molecule has 31 heavy (non-hydrogen) atoms. The van der Waals surface area contributed by atoms with Gasteiger partial charge in [-0.05, 0) is 43.4 Å². The zero-order chi connectivity index (χ0) is 21.4. The highest BCUT2D eigenvalue weighted by atomic mass is 32.2. The lowest BCUT2D eigenvalue weighted by Crippen LogP contribution is -2.23. The maximum Gasteiger partial charge on any atom is 0.263 e. The predicted octanol–water partition coefficient (Wildman–Crippen LogP) is 4.67. The minimum Gasteiger partial charge on any atom is -0.309 e. The van der Waals surface area contributed by atoms with Crippen molar-refractivity contribution < 1.29 is 0 Å². The summed E-state index contributed by atoms with van der Waals surface area (Å²) in [5.41, 5.74) is 1.85. The van der Waals surface area contributed by atoms with Gasteiger partial charge in [-0.3, -0.25) is 14.2 Å². The van der Waals surface area contributed by atoms with Crippen LogP contribution < -0.4 is 11.1 Å². The molecule has 0 unspecified atom stereocenters. The standard InChI is InChI=1S/C23H24N4O2S2/c1-2-3-6-12-27-22(29)19-15-9-7-11-17(15)31-21(19)26-23(27)30-13-18-24-16-10-5-4-8-14(16)20(28)25-18/h4-5,8,10H,2-3,6-7,9,11-13H2,1H3,(H,24,25,28). The molecule has 6 nitrogen and oxygen atoms in total. The highest BCUT2D eigenvalue weighted by Gasteiger charge is 2.23. The van der Waals surface area contributed by atoms with Gasteiger partial charge < -0.3 is 4.98 Å². The van der Waals surface area contributed by atoms with E-state index in [1.165, 1.54) is 22.2 Å². The Balaban J connectivity index is 1.52. The molecule has 0 aliphatic heterocycles. The average molecular weight is 453 g/mol. The molecule has 1 aromatic carbocycles. The zero-order valence-electron chi connectivity index (χ0n) is 17.4. The van der Waals surface area contributed by atoms with Gasteiger partial charge in [0, 0.05) is 11.4 Å². The van der Waals surface area contributed by atoms with E-state index < -0.39 is 0 Å². The van der Waals surface area contributed by atoms with Crippen LogP contribution in [0.15, 0.2) is 39.0 Å². The maximum atomic E-state index is 13.4. The Labute approximate surface area is 187 Å². The normalized spacial score (nSPS) is 13.3. The van der Waals surface area contributed by atoms with E-state index in [2.05, 4.69) is 16.9 Å². The first kappa shape index (κ1) is 20.5. The van der Waals surface area contributed by atoms with Gasteiger partial charge in [0.15, 0.2) is 5.16 Å². The van der Waals surface area contributed by atoms with Gasteiger partial charge in [-0.2, -0.15) is 0 Å². The van der Waals surface area contributed by atoms with Crippen LogP contribution in [-0.4, -0.2) is 19.5 Å². The Hall–Kier alpha value is -2.45. The number of aryl methyl sites for hydroxylation is 2. The molecule has 1 N–H and O–H groups in total. The van der Waals surface area contributed by atoms with Crippen molar-refractivity contribution in [3.63, 3.8) is 0 Å². The highest BCUT2D eigenvalue weighted by Crippen LogP contribution is 2.35. The van der Waals surface area contributed by atoms with E-state index >= 15 is 0 Å². The van der Waals surface area contributed by atoms with Crippen LogP contribution in [-0.2, 0) is 25.1 Å². The number of thioether (sulfide) groups is 1. The van der Waals surface area contributed by atoms with E-state index in [0.717, 1.165) is 48.7 Å². The van der Waals surface area contributed by atoms with Crippen LogP contribution in [0.3, 0.4) is 0 Å². The second-order valence-electron chi connectivity index (χ2n) is 7.91. The molecular formula is C23H24N4O2S2. The van der Waals surface area contributed by atoms with Crippen molar-refractivity contribution in [1.29, 1.82) is 0 Å². The van der Waals surface area contributed by atoms with Gasteiger partial charge in [-0.15, -0.1) is 11.3 Å². The first-order valence-corrected chi connectivity index (χ1v) is 12.6. The summed E-state index contributed by atoms with van der Waals surface area (Å²) >= 11 is 3.14. The minimum atomic E-state index is -0.139. The molecule has 0 atom stereocenters. The Morgan fingerprint density at radius 1 is 1.16 bits per heavy atom. The Bertz CT molecular complexity index is 1390. The van der Waals surface area contributed by atoms with Crippen LogP contribution in [0.5, 0.6) is 0 Å². The van der Waals surface area contributed by atoms with Crippen LogP contribution in [0.25, 0.3) is 21.1 Å². The molecular weight excluding hydrogens is 428 g/mol. The fourth-order valence-electron chi connectivity index (χ4n) is 4.22. The van der Waals surface area contributed by atoms with Gasteiger partial charge in [-0.1, -0.05) is 43.7 Å². The molecule has 3 aromatic heterocycles. The number of thiophene rings is 1. The molecule has 0 saturated carbocycles. The summed E-state index contributed by atoms with van der Waals surface area (Å²) in [5.74, 6) is 1.05. The van der Waals surface area contributed by atoms with Gasteiger partial charge in [0.25, 0.3) is 11.1 Å². The van der Waals surface area contributed by atoms with E-state index in [1.54, 1.807) is 17.4 Å². The van der Waals surface area contributed by atoms with Crippen molar-refractivity contribution in [2.45, 2.75) is 62.9 Å². The third-order valence-corrected chi connectivity index (χ3v) is 7.95. The first-order valence-electron chi connectivity index (χ1n) is 10.8. The topological polar surface area (TPSA) is 80.6 Å². The summed E-state index contributed by atoms with van der Waals surface area (Å²) in [6, 6.07) is 7.33. The van der Waals surface area contributed by atoms with E-state index in [1.807, 2.05) is 22.8 Å². The summed E-state index contributed by atoms with van der Waals surface area (Å²) in [6.07, 6.45) is 6.30. The lowest BCUT2D eigenvalue weighted by atomic mass is 10.2.